The molecule has 0 bridgehead atoms. The zero-order chi connectivity index (χ0) is 20.0. The maximum Gasteiger partial charge on any atom is 0.416 e. The van der Waals surface area contributed by atoms with Crippen LogP contribution in [-0.4, -0.2) is 29.5 Å². The predicted octanol–water partition coefficient (Wildman–Crippen LogP) is 4.08. The first-order chi connectivity index (χ1) is 12.4. The molecule has 4 nitrogen and oxygen atoms in total. The largest absolute Gasteiger partial charge is 0.473 e. The SMILES string of the molecule is O=C1CC[C@](CC(F)(F)F)(C(=O)N2COc3ccc(C(F)(F)F)cc3C2)C1. The van der Waals surface area contributed by atoms with Crippen molar-refractivity contribution in [2.75, 3.05) is 6.73 Å². The number of carbonyl (C=O) groups excluding carboxylic acids is 2. The summed E-state index contributed by atoms with van der Waals surface area (Å²) >= 11 is 0. The van der Waals surface area contributed by atoms with Crippen LogP contribution < -0.4 is 4.74 Å². The molecule has 0 radical (unpaired) electrons. The number of rotatable bonds is 2. The van der Waals surface area contributed by atoms with Gasteiger partial charge in [-0.25, -0.2) is 0 Å². The fraction of sp³-hybridized carbons (Fsp3) is 0.529. The molecule has 1 aromatic rings. The van der Waals surface area contributed by atoms with Gasteiger partial charge in [-0.2, -0.15) is 26.3 Å². The highest BCUT2D eigenvalue weighted by molar-refractivity contribution is 5.93. The third kappa shape index (κ3) is 4.03. The third-order valence-electron chi connectivity index (χ3n) is 4.82. The Bertz CT molecular complexity index is 773. The molecule has 1 saturated carbocycles. The highest BCUT2D eigenvalue weighted by Gasteiger charge is 2.53. The molecule has 1 aliphatic heterocycles. The minimum absolute atomic E-state index is 0.0518. The lowest BCUT2D eigenvalue weighted by Crippen LogP contribution is -2.47. The van der Waals surface area contributed by atoms with Crippen LogP contribution in [0.1, 0.15) is 36.8 Å². The van der Waals surface area contributed by atoms with Crippen LogP contribution in [0.25, 0.3) is 0 Å². The Kier molecular flexibility index (Phi) is 4.63. The van der Waals surface area contributed by atoms with E-state index in [2.05, 4.69) is 0 Å². The van der Waals surface area contributed by atoms with Gasteiger partial charge in [-0.3, -0.25) is 9.59 Å². The van der Waals surface area contributed by atoms with Crippen LogP contribution in [0.5, 0.6) is 5.75 Å². The van der Waals surface area contributed by atoms with E-state index in [1.165, 1.54) is 0 Å². The van der Waals surface area contributed by atoms with Gasteiger partial charge in [-0.15, -0.1) is 0 Å². The predicted molar refractivity (Wildman–Crippen MR) is 79.5 cm³/mol. The molecule has 1 atom stereocenters. The second kappa shape index (κ2) is 6.42. The molecule has 1 heterocycles. The smallest absolute Gasteiger partial charge is 0.416 e. The van der Waals surface area contributed by atoms with Crippen molar-refractivity contribution in [3.8, 4) is 5.75 Å². The first kappa shape index (κ1) is 19.5. The van der Waals surface area contributed by atoms with E-state index in [0.29, 0.717) is 0 Å². The number of carbonyl (C=O) groups is 2. The number of fused-ring (bicyclic) bond motifs is 1. The Hall–Kier alpha value is -2.26. The lowest BCUT2D eigenvalue weighted by molar-refractivity contribution is -0.176. The Morgan fingerprint density at radius 3 is 2.44 bits per heavy atom. The van der Waals surface area contributed by atoms with Crippen LogP contribution in [0.3, 0.4) is 0 Å². The van der Waals surface area contributed by atoms with E-state index in [1.807, 2.05) is 0 Å². The van der Waals surface area contributed by atoms with Crippen molar-refractivity contribution < 1.29 is 40.7 Å². The molecular weight excluding hydrogens is 380 g/mol. The topological polar surface area (TPSA) is 46.6 Å². The Balaban J connectivity index is 1.86. The normalized spacial score (nSPS) is 23.2. The minimum Gasteiger partial charge on any atom is -0.473 e. The number of ketones is 1. The number of ether oxygens (including phenoxy) is 1. The van der Waals surface area contributed by atoms with Crippen LogP contribution in [0.4, 0.5) is 26.3 Å². The average Bonchev–Trinajstić information content (AvgIpc) is 2.92. The molecule has 1 aliphatic carbocycles. The van der Waals surface area contributed by atoms with Crippen LogP contribution in [-0.2, 0) is 22.3 Å². The summed E-state index contributed by atoms with van der Waals surface area (Å²) in [5.74, 6) is -1.22. The van der Waals surface area contributed by atoms with Crippen LogP contribution in [0.15, 0.2) is 18.2 Å². The summed E-state index contributed by atoms with van der Waals surface area (Å²) in [6.45, 7) is -0.698. The summed E-state index contributed by atoms with van der Waals surface area (Å²) < 4.78 is 82.8. The van der Waals surface area contributed by atoms with Crippen molar-refractivity contribution in [2.24, 2.45) is 5.41 Å². The highest BCUT2D eigenvalue weighted by Crippen LogP contribution is 2.47. The minimum atomic E-state index is -4.65. The molecule has 2 aliphatic rings. The summed E-state index contributed by atoms with van der Waals surface area (Å²) in [6, 6.07) is 2.76. The number of hydrogen-bond donors (Lipinski definition) is 0. The number of benzene rings is 1. The quantitative estimate of drug-likeness (QED) is 0.710. The number of hydrogen-bond acceptors (Lipinski definition) is 3. The van der Waals surface area contributed by atoms with E-state index in [4.69, 9.17) is 4.74 Å². The monoisotopic (exact) mass is 395 g/mol. The molecule has 27 heavy (non-hydrogen) atoms. The molecule has 10 heteroatoms. The average molecular weight is 395 g/mol. The van der Waals surface area contributed by atoms with Crippen molar-refractivity contribution in [1.29, 1.82) is 0 Å². The fourth-order valence-electron chi connectivity index (χ4n) is 3.61. The van der Waals surface area contributed by atoms with Gasteiger partial charge >= 0.3 is 12.4 Å². The van der Waals surface area contributed by atoms with Gasteiger partial charge in [-0.1, -0.05) is 0 Å². The van der Waals surface area contributed by atoms with E-state index in [9.17, 15) is 35.9 Å². The maximum atomic E-state index is 13.0. The zero-order valence-corrected chi connectivity index (χ0v) is 13.9. The lowest BCUT2D eigenvalue weighted by atomic mass is 9.80. The molecule has 0 aromatic heterocycles. The summed E-state index contributed by atoms with van der Waals surface area (Å²) in [4.78, 5) is 25.3. The summed E-state index contributed by atoms with van der Waals surface area (Å²) in [7, 11) is 0. The first-order valence-corrected chi connectivity index (χ1v) is 8.10. The third-order valence-corrected chi connectivity index (χ3v) is 4.82. The molecule has 0 saturated heterocycles. The van der Waals surface area contributed by atoms with E-state index >= 15 is 0 Å². The van der Waals surface area contributed by atoms with Crippen LogP contribution in [0.2, 0.25) is 0 Å². The standard InChI is InChI=1S/C17H15F6NO3/c18-16(19,20)8-15(4-3-12(25)6-15)14(26)24-7-10-5-11(17(21,22)23)1-2-13(10)27-9-24/h1-2,5H,3-4,6-9H2/t15-/m0/s1. The fourth-order valence-corrected chi connectivity index (χ4v) is 3.61. The molecule has 0 unspecified atom stereocenters. The Labute approximate surface area is 150 Å². The highest BCUT2D eigenvalue weighted by atomic mass is 19.4. The van der Waals surface area contributed by atoms with Crippen molar-refractivity contribution in [1.82, 2.24) is 4.90 Å². The van der Waals surface area contributed by atoms with Gasteiger partial charge in [0.2, 0.25) is 5.91 Å². The number of Topliss-reactive ketones (excluding diaryl/α,β-unsaturated/α-hetero) is 1. The maximum absolute atomic E-state index is 13.0. The van der Waals surface area contributed by atoms with Gasteiger partial charge in [0, 0.05) is 18.4 Å². The van der Waals surface area contributed by atoms with Gasteiger partial charge in [0.25, 0.3) is 0 Å². The van der Waals surface area contributed by atoms with Crippen molar-refractivity contribution in [3.63, 3.8) is 0 Å². The molecule has 148 valence electrons. The molecule has 1 amide bonds. The van der Waals surface area contributed by atoms with Gasteiger partial charge in [0.1, 0.15) is 11.5 Å². The Morgan fingerprint density at radius 2 is 1.89 bits per heavy atom. The lowest BCUT2D eigenvalue weighted by Gasteiger charge is -2.37. The van der Waals surface area contributed by atoms with Gasteiger partial charge < -0.3 is 9.64 Å². The summed E-state index contributed by atoms with van der Waals surface area (Å²) in [6.07, 6.45) is -11.6. The summed E-state index contributed by atoms with van der Waals surface area (Å²) in [5, 5.41) is 0. The Morgan fingerprint density at radius 1 is 1.19 bits per heavy atom. The zero-order valence-electron chi connectivity index (χ0n) is 13.9. The molecule has 1 aromatic carbocycles. The van der Waals surface area contributed by atoms with Crippen molar-refractivity contribution in [3.05, 3.63) is 29.3 Å². The van der Waals surface area contributed by atoms with E-state index in [-0.39, 0.29) is 37.4 Å². The molecule has 1 fully saturated rings. The molecular formula is C17H15F6NO3. The number of nitrogens with zero attached hydrogens (tertiary/aromatic N) is 1. The van der Waals surface area contributed by atoms with Gasteiger partial charge in [0.05, 0.1) is 23.9 Å². The number of alkyl halides is 6. The summed E-state index contributed by atoms with van der Waals surface area (Å²) in [5.41, 5.74) is -2.81. The van der Waals surface area contributed by atoms with E-state index in [0.717, 1.165) is 23.1 Å². The molecule has 0 N–H and O–H groups in total. The van der Waals surface area contributed by atoms with Gasteiger partial charge in [0.15, 0.2) is 6.73 Å². The molecule has 3 rings (SSSR count). The van der Waals surface area contributed by atoms with E-state index < -0.39 is 47.9 Å². The van der Waals surface area contributed by atoms with Crippen LogP contribution in [0, 0.1) is 5.41 Å². The second-order valence-electron chi connectivity index (χ2n) is 6.88. The first-order valence-electron chi connectivity index (χ1n) is 8.10. The van der Waals surface area contributed by atoms with E-state index in [1.54, 1.807) is 0 Å². The second-order valence-corrected chi connectivity index (χ2v) is 6.88. The van der Waals surface area contributed by atoms with Gasteiger partial charge in [-0.05, 0) is 24.6 Å². The number of amides is 1. The van der Waals surface area contributed by atoms with Crippen molar-refractivity contribution >= 4 is 11.7 Å². The van der Waals surface area contributed by atoms with Crippen LogP contribution >= 0.6 is 0 Å². The molecule has 0 spiro atoms. The number of halogens is 6. The van der Waals surface area contributed by atoms with Crippen molar-refractivity contribution in [2.45, 2.75) is 44.6 Å².